The van der Waals surface area contributed by atoms with E-state index in [0.29, 0.717) is 11.9 Å². The van der Waals surface area contributed by atoms with Crippen LogP contribution in [0.1, 0.15) is 38.2 Å². The number of hydrogen-bond donors (Lipinski definition) is 1. The molecule has 0 spiro atoms. The molecule has 20 heavy (non-hydrogen) atoms. The van der Waals surface area contributed by atoms with Gasteiger partial charge in [0.15, 0.2) is 5.96 Å². The van der Waals surface area contributed by atoms with Gasteiger partial charge in [0, 0.05) is 13.1 Å². The Labute approximate surface area is 124 Å². The summed E-state index contributed by atoms with van der Waals surface area (Å²) in [6.45, 7) is 5.87. The highest BCUT2D eigenvalue weighted by Crippen LogP contribution is 2.39. The van der Waals surface area contributed by atoms with E-state index in [1.165, 1.54) is 6.07 Å². The lowest BCUT2D eigenvalue weighted by Gasteiger charge is -2.34. The van der Waals surface area contributed by atoms with Gasteiger partial charge in [0.25, 0.3) is 0 Å². The number of hydrogen-bond acceptors (Lipinski definition) is 1. The molecule has 0 saturated heterocycles. The van der Waals surface area contributed by atoms with Crippen molar-refractivity contribution in [3.05, 3.63) is 34.6 Å². The summed E-state index contributed by atoms with van der Waals surface area (Å²) in [5.74, 6) is 0.664. The molecule has 0 bridgehead atoms. The molecule has 1 aromatic carbocycles. The second-order valence-electron chi connectivity index (χ2n) is 5.16. The summed E-state index contributed by atoms with van der Waals surface area (Å²) < 4.78 is 13.1. The predicted molar refractivity (Wildman–Crippen MR) is 81.7 cm³/mol. The van der Waals surface area contributed by atoms with Crippen molar-refractivity contribution in [2.45, 2.75) is 38.6 Å². The van der Waals surface area contributed by atoms with Crippen molar-refractivity contribution in [2.75, 3.05) is 13.1 Å². The molecule has 1 fully saturated rings. The van der Waals surface area contributed by atoms with Crippen LogP contribution in [-0.4, -0.2) is 30.0 Å². The summed E-state index contributed by atoms with van der Waals surface area (Å²) in [6, 6.07) is 5.22. The summed E-state index contributed by atoms with van der Waals surface area (Å²) in [6.07, 6.45) is 1.90. The standard InChI is InChI=1S/C15H21ClFN3/c1-3-20(4-2)15(18)19-12-7-11(8-12)10-5-6-14(17)13(16)9-10/h5-6,9,11-12H,3-4,7-8H2,1-2H3,(H2,18,19). The Bertz CT molecular complexity index is 494. The van der Waals surface area contributed by atoms with Crippen molar-refractivity contribution >= 4 is 17.6 Å². The smallest absolute Gasteiger partial charge is 0.191 e. The summed E-state index contributed by atoms with van der Waals surface area (Å²) in [4.78, 5) is 6.60. The average molecular weight is 298 g/mol. The number of nitrogens with two attached hydrogens (primary N) is 1. The Morgan fingerprint density at radius 1 is 1.40 bits per heavy atom. The van der Waals surface area contributed by atoms with E-state index >= 15 is 0 Å². The van der Waals surface area contributed by atoms with Crippen molar-refractivity contribution in [3.63, 3.8) is 0 Å². The predicted octanol–water partition coefficient (Wildman–Crippen LogP) is 3.38. The third-order valence-electron chi connectivity index (χ3n) is 3.93. The molecule has 5 heteroatoms. The fraction of sp³-hybridized carbons (Fsp3) is 0.533. The quantitative estimate of drug-likeness (QED) is 0.684. The van der Waals surface area contributed by atoms with Gasteiger partial charge in [-0.25, -0.2) is 9.38 Å². The van der Waals surface area contributed by atoms with Gasteiger partial charge in [0.2, 0.25) is 0 Å². The fourth-order valence-corrected chi connectivity index (χ4v) is 2.74. The highest BCUT2D eigenvalue weighted by atomic mass is 35.5. The molecule has 1 aliphatic rings. The van der Waals surface area contributed by atoms with Crippen molar-refractivity contribution in [2.24, 2.45) is 10.7 Å². The highest BCUT2D eigenvalue weighted by Gasteiger charge is 2.30. The molecule has 1 aliphatic carbocycles. The largest absolute Gasteiger partial charge is 0.370 e. The molecule has 0 radical (unpaired) electrons. The van der Waals surface area contributed by atoms with Crippen molar-refractivity contribution < 1.29 is 4.39 Å². The van der Waals surface area contributed by atoms with Crippen LogP contribution in [0.15, 0.2) is 23.2 Å². The normalized spacial score (nSPS) is 22.5. The SMILES string of the molecule is CCN(CC)C(N)=NC1CC(c2ccc(F)c(Cl)c2)C1. The topological polar surface area (TPSA) is 41.6 Å². The zero-order valence-electron chi connectivity index (χ0n) is 11.9. The van der Waals surface area contributed by atoms with Crippen LogP contribution >= 0.6 is 11.6 Å². The molecule has 0 aliphatic heterocycles. The fourth-order valence-electron chi connectivity index (χ4n) is 2.55. The number of guanidine groups is 1. The lowest BCUT2D eigenvalue weighted by molar-refractivity contribution is 0.345. The summed E-state index contributed by atoms with van der Waals surface area (Å²) in [5, 5.41) is 0.192. The first-order chi connectivity index (χ1) is 9.55. The van der Waals surface area contributed by atoms with Gasteiger partial charge in [-0.2, -0.15) is 0 Å². The Morgan fingerprint density at radius 3 is 2.60 bits per heavy atom. The maximum absolute atomic E-state index is 13.1. The van der Waals surface area contributed by atoms with Crippen molar-refractivity contribution in [3.8, 4) is 0 Å². The first kappa shape index (κ1) is 15.1. The second-order valence-corrected chi connectivity index (χ2v) is 5.56. The van der Waals surface area contributed by atoms with E-state index in [4.69, 9.17) is 17.3 Å². The van der Waals surface area contributed by atoms with E-state index in [1.54, 1.807) is 12.1 Å². The van der Waals surface area contributed by atoms with Crippen LogP contribution in [0.3, 0.4) is 0 Å². The van der Waals surface area contributed by atoms with Gasteiger partial charge in [-0.3, -0.25) is 0 Å². The minimum atomic E-state index is -0.366. The number of aliphatic imine (C=N–C) groups is 1. The van der Waals surface area contributed by atoms with E-state index < -0.39 is 0 Å². The molecular weight excluding hydrogens is 277 g/mol. The van der Waals surface area contributed by atoms with Crippen LogP contribution in [0.5, 0.6) is 0 Å². The second kappa shape index (κ2) is 6.44. The van der Waals surface area contributed by atoms with Gasteiger partial charge in [-0.1, -0.05) is 17.7 Å². The summed E-state index contributed by atoms with van der Waals surface area (Å²) >= 11 is 5.81. The molecule has 2 N–H and O–H groups in total. The van der Waals surface area contributed by atoms with Crippen molar-refractivity contribution in [1.29, 1.82) is 0 Å². The van der Waals surface area contributed by atoms with Crippen molar-refractivity contribution in [1.82, 2.24) is 4.90 Å². The highest BCUT2D eigenvalue weighted by molar-refractivity contribution is 6.30. The maximum Gasteiger partial charge on any atom is 0.191 e. The zero-order valence-corrected chi connectivity index (χ0v) is 12.7. The van der Waals surface area contributed by atoms with Gasteiger partial charge in [0.1, 0.15) is 5.82 Å². The maximum atomic E-state index is 13.1. The number of benzene rings is 1. The molecule has 110 valence electrons. The van der Waals surface area contributed by atoms with Crippen LogP contribution in [-0.2, 0) is 0 Å². The Kier molecular flexibility index (Phi) is 4.86. The Morgan fingerprint density at radius 2 is 2.05 bits per heavy atom. The first-order valence-electron chi connectivity index (χ1n) is 7.08. The van der Waals surface area contributed by atoms with Crippen LogP contribution in [0.4, 0.5) is 4.39 Å². The number of halogens is 2. The van der Waals surface area contributed by atoms with Crippen LogP contribution in [0.2, 0.25) is 5.02 Å². The Balaban J connectivity index is 1.94. The van der Waals surface area contributed by atoms with Crippen LogP contribution < -0.4 is 5.73 Å². The van der Waals surface area contributed by atoms with Gasteiger partial charge < -0.3 is 10.6 Å². The molecule has 1 aromatic rings. The molecule has 0 unspecified atom stereocenters. The molecule has 0 amide bonds. The lowest BCUT2D eigenvalue weighted by Crippen LogP contribution is -2.39. The molecule has 0 heterocycles. The average Bonchev–Trinajstić information content (AvgIpc) is 2.38. The number of rotatable bonds is 4. The van der Waals surface area contributed by atoms with Crippen LogP contribution in [0, 0.1) is 5.82 Å². The molecule has 1 saturated carbocycles. The zero-order chi connectivity index (χ0) is 14.7. The summed E-state index contributed by atoms with van der Waals surface area (Å²) in [5.41, 5.74) is 7.07. The lowest BCUT2D eigenvalue weighted by atomic mass is 9.76. The summed E-state index contributed by atoms with van der Waals surface area (Å²) in [7, 11) is 0. The van der Waals surface area contributed by atoms with E-state index in [2.05, 4.69) is 18.8 Å². The molecular formula is C15H21ClFN3. The third-order valence-corrected chi connectivity index (χ3v) is 4.22. The molecule has 0 atom stereocenters. The van der Waals surface area contributed by atoms with Gasteiger partial charge in [-0.15, -0.1) is 0 Å². The van der Waals surface area contributed by atoms with E-state index in [-0.39, 0.29) is 16.9 Å². The van der Waals surface area contributed by atoms with E-state index in [9.17, 15) is 4.39 Å². The minimum absolute atomic E-state index is 0.192. The number of nitrogens with zero attached hydrogens (tertiary/aromatic N) is 2. The minimum Gasteiger partial charge on any atom is -0.370 e. The molecule has 2 rings (SSSR count). The Hall–Kier alpha value is -1.29. The van der Waals surface area contributed by atoms with Gasteiger partial charge >= 0.3 is 0 Å². The monoisotopic (exact) mass is 297 g/mol. The van der Waals surface area contributed by atoms with Gasteiger partial charge in [-0.05, 0) is 50.3 Å². The van der Waals surface area contributed by atoms with Gasteiger partial charge in [0.05, 0.1) is 11.1 Å². The third kappa shape index (κ3) is 3.23. The molecule has 3 nitrogen and oxygen atoms in total. The van der Waals surface area contributed by atoms with Crippen LogP contribution in [0.25, 0.3) is 0 Å². The molecule has 0 aromatic heterocycles. The van der Waals surface area contributed by atoms with E-state index in [1.807, 2.05) is 4.90 Å². The first-order valence-corrected chi connectivity index (χ1v) is 7.46. The van der Waals surface area contributed by atoms with E-state index in [0.717, 1.165) is 31.5 Å².